The Labute approximate surface area is 139 Å². The van der Waals surface area contributed by atoms with Crippen molar-refractivity contribution in [2.75, 3.05) is 24.7 Å². The zero-order valence-corrected chi connectivity index (χ0v) is 14.0. The summed E-state index contributed by atoms with van der Waals surface area (Å²) < 4.78 is 24.9. The summed E-state index contributed by atoms with van der Waals surface area (Å²) >= 11 is 0. The van der Waals surface area contributed by atoms with Crippen molar-refractivity contribution in [2.24, 2.45) is 0 Å². The van der Waals surface area contributed by atoms with Gasteiger partial charge >= 0.3 is 0 Å². The highest BCUT2D eigenvalue weighted by molar-refractivity contribution is 7.88. The smallest absolute Gasteiger partial charge is 0.278 e. The Balaban J connectivity index is 1.91. The van der Waals surface area contributed by atoms with E-state index in [9.17, 15) is 18.5 Å². The number of non-ortho nitro benzene ring substituents is 1. The number of hydrogen-bond donors (Lipinski definition) is 1. The van der Waals surface area contributed by atoms with E-state index in [0.29, 0.717) is 29.7 Å². The lowest BCUT2D eigenvalue weighted by Crippen LogP contribution is -2.44. The minimum absolute atomic E-state index is 0.00468. The monoisotopic (exact) mass is 350 g/mol. The number of rotatable bonds is 4. The highest BCUT2D eigenvalue weighted by Gasteiger charge is 2.26. The molecule has 1 aliphatic heterocycles. The van der Waals surface area contributed by atoms with E-state index in [0.717, 1.165) is 12.8 Å². The number of nitro groups is 1. The molecule has 1 fully saturated rings. The Bertz CT molecular complexity index is 884. The number of aromatic nitrogens is 1. The van der Waals surface area contributed by atoms with Crippen LogP contribution in [0.1, 0.15) is 12.8 Å². The summed E-state index contributed by atoms with van der Waals surface area (Å²) in [6.07, 6.45) is 4.39. The first-order chi connectivity index (χ1) is 11.4. The molecule has 3 rings (SSSR count). The first kappa shape index (κ1) is 16.6. The Morgan fingerprint density at radius 2 is 2.17 bits per heavy atom. The number of piperidine rings is 1. The van der Waals surface area contributed by atoms with Crippen molar-refractivity contribution in [3.05, 3.63) is 40.6 Å². The number of nitro benzene ring substituents is 1. The van der Waals surface area contributed by atoms with Crippen molar-refractivity contribution < 1.29 is 13.3 Å². The van der Waals surface area contributed by atoms with Crippen molar-refractivity contribution in [1.82, 2.24) is 9.29 Å². The molecule has 1 atom stereocenters. The number of anilines is 1. The maximum absolute atomic E-state index is 11.7. The van der Waals surface area contributed by atoms with Gasteiger partial charge in [0.1, 0.15) is 5.52 Å². The van der Waals surface area contributed by atoms with Crippen molar-refractivity contribution in [1.29, 1.82) is 0 Å². The zero-order valence-electron chi connectivity index (χ0n) is 13.2. The minimum Gasteiger partial charge on any atom is -0.379 e. The fourth-order valence-corrected chi connectivity index (χ4v) is 3.93. The van der Waals surface area contributed by atoms with Crippen molar-refractivity contribution in [2.45, 2.75) is 18.9 Å². The Morgan fingerprint density at radius 3 is 2.88 bits per heavy atom. The first-order valence-electron chi connectivity index (χ1n) is 7.60. The molecule has 0 aliphatic carbocycles. The predicted molar refractivity (Wildman–Crippen MR) is 91.5 cm³/mol. The van der Waals surface area contributed by atoms with Gasteiger partial charge in [-0.1, -0.05) is 0 Å². The summed E-state index contributed by atoms with van der Waals surface area (Å²) in [5.41, 5.74) is 1.20. The van der Waals surface area contributed by atoms with Crippen LogP contribution >= 0.6 is 0 Å². The molecule has 2 heterocycles. The van der Waals surface area contributed by atoms with Crippen LogP contribution in [0.25, 0.3) is 10.9 Å². The molecule has 2 aromatic rings. The molecule has 1 N–H and O–H groups in total. The molecule has 8 nitrogen and oxygen atoms in total. The molecule has 1 unspecified atom stereocenters. The lowest BCUT2D eigenvalue weighted by Gasteiger charge is -2.32. The van der Waals surface area contributed by atoms with Gasteiger partial charge in [-0.15, -0.1) is 0 Å². The normalized spacial score (nSPS) is 19.3. The van der Waals surface area contributed by atoms with E-state index in [1.54, 1.807) is 24.4 Å². The Hall–Kier alpha value is -2.26. The predicted octanol–water partition coefficient (Wildman–Crippen LogP) is 1.98. The van der Waals surface area contributed by atoms with Gasteiger partial charge in [0.25, 0.3) is 5.69 Å². The van der Waals surface area contributed by atoms with Crippen LogP contribution in [0, 0.1) is 10.1 Å². The summed E-state index contributed by atoms with van der Waals surface area (Å²) in [7, 11) is -3.22. The highest BCUT2D eigenvalue weighted by atomic mass is 32.2. The first-order valence-corrected chi connectivity index (χ1v) is 9.45. The van der Waals surface area contributed by atoms with Crippen LogP contribution in [0.4, 0.5) is 11.4 Å². The van der Waals surface area contributed by atoms with Gasteiger partial charge in [-0.2, -0.15) is 0 Å². The molecule has 9 heteroatoms. The molecule has 0 bridgehead atoms. The number of pyridine rings is 1. The van der Waals surface area contributed by atoms with Crippen molar-refractivity contribution in [3.63, 3.8) is 0 Å². The fraction of sp³-hybridized carbons (Fsp3) is 0.400. The molecular weight excluding hydrogens is 332 g/mol. The van der Waals surface area contributed by atoms with E-state index < -0.39 is 14.9 Å². The fourth-order valence-electron chi connectivity index (χ4n) is 3.01. The van der Waals surface area contributed by atoms with Crippen molar-refractivity contribution in [3.8, 4) is 0 Å². The molecule has 0 amide bonds. The third-order valence-corrected chi connectivity index (χ3v) is 5.43. The van der Waals surface area contributed by atoms with Gasteiger partial charge < -0.3 is 5.32 Å². The molecule has 24 heavy (non-hydrogen) atoms. The lowest BCUT2D eigenvalue weighted by molar-refractivity contribution is -0.383. The van der Waals surface area contributed by atoms with Crippen LogP contribution in [0.15, 0.2) is 30.5 Å². The number of benzene rings is 1. The number of hydrogen-bond acceptors (Lipinski definition) is 6. The number of nitrogens with zero attached hydrogens (tertiary/aromatic N) is 3. The maximum atomic E-state index is 11.7. The van der Waals surface area contributed by atoms with E-state index in [1.165, 1.54) is 16.6 Å². The topological polar surface area (TPSA) is 105 Å². The molecule has 1 aliphatic rings. The second-order valence-corrected chi connectivity index (χ2v) is 7.88. The van der Waals surface area contributed by atoms with Gasteiger partial charge in [0.05, 0.1) is 22.3 Å². The molecule has 1 aromatic carbocycles. The number of fused-ring (bicyclic) bond motifs is 1. The van der Waals surface area contributed by atoms with Crippen LogP contribution in [-0.4, -0.2) is 48.0 Å². The maximum Gasteiger partial charge on any atom is 0.278 e. The SMILES string of the molecule is CS(=O)(=O)N1CCCC(Nc2ccc([N+](=O)[O-])c3cccnc23)C1. The van der Waals surface area contributed by atoms with Crippen LogP contribution < -0.4 is 5.32 Å². The van der Waals surface area contributed by atoms with Gasteiger partial charge in [-0.3, -0.25) is 15.1 Å². The van der Waals surface area contributed by atoms with E-state index >= 15 is 0 Å². The van der Waals surface area contributed by atoms with Gasteiger partial charge in [-0.25, -0.2) is 12.7 Å². The molecule has 1 saturated heterocycles. The summed E-state index contributed by atoms with van der Waals surface area (Å²) in [6.45, 7) is 0.903. The molecule has 128 valence electrons. The third-order valence-electron chi connectivity index (χ3n) is 4.16. The van der Waals surface area contributed by atoms with Crippen LogP contribution in [0.5, 0.6) is 0 Å². The Kier molecular flexibility index (Phi) is 4.37. The largest absolute Gasteiger partial charge is 0.379 e. The molecule has 1 aromatic heterocycles. The minimum atomic E-state index is -3.22. The summed E-state index contributed by atoms with van der Waals surface area (Å²) in [5, 5.41) is 14.9. The van der Waals surface area contributed by atoms with Gasteiger partial charge in [0.15, 0.2) is 0 Å². The number of sulfonamides is 1. The Morgan fingerprint density at radius 1 is 1.38 bits per heavy atom. The highest BCUT2D eigenvalue weighted by Crippen LogP contribution is 2.30. The van der Waals surface area contributed by atoms with Crippen molar-refractivity contribution >= 4 is 32.3 Å². The second kappa shape index (κ2) is 6.33. The lowest BCUT2D eigenvalue weighted by atomic mass is 10.1. The van der Waals surface area contributed by atoms with Gasteiger partial charge in [0.2, 0.25) is 10.0 Å². The van der Waals surface area contributed by atoms with Crippen LogP contribution in [0.2, 0.25) is 0 Å². The molecule has 0 saturated carbocycles. The quantitative estimate of drug-likeness (QED) is 0.668. The van der Waals surface area contributed by atoms with E-state index in [2.05, 4.69) is 10.3 Å². The molecule has 0 spiro atoms. The standard InChI is InChI=1S/C15H18N4O4S/c1-24(22,23)18-9-3-4-11(10-18)17-13-6-7-14(19(20)21)12-5-2-8-16-15(12)13/h2,5-8,11,17H,3-4,9-10H2,1H3. The number of nitrogens with one attached hydrogen (secondary N) is 1. The average Bonchev–Trinajstić information content (AvgIpc) is 2.54. The second-order valence-electron chi connectivity index (χ2n) is 5.89. The zero-order chi connectivity index (χ0) is 17.3. The molecule has 0 radical (unpaired) electrons. The van der Waals surface area contributed by atoms with Crippen LogP contribution in [-0.2, 0) is 10.0 Å². The summed E-state index contributed by atoms with van der Waals surface area (Å²) in [4.78, 5) is 15.0. The third kappa shape index (κ3) is 3.31. The summed E-state index contributed by atoms with van der Waals surface area (Å²) in [5.74, 6) is 0. The van der Waals surface area contributed by atoms with E-state index in [4.69, 9.17) is 0 Å². The molecular formula is C15H18N4O4S. The van der Waals surface area contributed by atoms with E-state index in [1.807, 2.05) is 0 Å². The van der Waals surface area contributed by atoms with Gasteiger partial charge in [-0.05, 0) is 31.0 Å². The van der Waals surface area contributed by atoms with Gasteiger partial charge in [0, 0.05) is 31.4 Å². The van der Waals surface area contributed by atoms with Crippen LogP contribution in [0.3, 0.4) is 0 Å². The summed E-state index contributed by atoms with van der Waals surface area (Å²) in [6, 6.07) is 6.34. The van der Waals surface area contributed by atoms with E-state index in [-0.39, 0.29) is 11.7 Å². The average molecular weight is 350 g/mol.